The number of aliphatic hydroxyl groups is 1. The molecule has 0 saturated carbocycles. The third-order valence-electron chi connectivity index (χ3n) is 7.20. The molecule has 0 spiro atoms. The van der Waals surface area contributed by atoms with E-state index in [0.29, 0.717) is 0 Å². The molecule has 3 aliphatic heterocycles. The van der Waals surface area contributed by atoms with E-state index in [2.05, 4.69) is 29.9 Å². The largest absolute Gasteiger partial charge is 1.00 e. The van der Waals surface area contributed by atoms with Crippen molar-refractivity contribution >= 4 is 72.1 Å². The van der Waals surface area contributed by atoms with Gasteiger partial charge in [0.1, 0.15) is 54.2 Å². The Morgan fingerprint density at radius 1 is 0.783 bits per heavy atom. The predicted octanol–water partition coefficient (Wildman–Crippen LogP) is -5.54. The second-order valence-electron chi connectivity index (χ2n) is 9.86. The van der Waals surface area contributed by atoms with Crippen LogP contribution in [0.3, 0.4) is 0 Å². The number of nitrogens with two attached hydrogens (primary N) is 2. The SMILES string of the molecule is Nc1ncnc2c1ncn2[C@@H]1O[C@@H]2COP(=O)([S-])O[C@@H]3C(F)[C@H](n4cnc5c(N)ncnc54)O[C@@H]3COP(=O)([S-])OC1[C@H]2O.[Na+].[Na+]. The number of nitrogen functional groups attached to an aromatic ring is 2. The molecular formula is C20H21FN10Na2O9P2S2. The second-order valence-corrected chi connectivity index (χ2v) is 15.3. The van der Waals surface area contributed by atoms with Crippen LogP contribution in [0.1, 0.15) is 12.5 Å². The van der Waals surface area contributed by atoms with E-state index < -0.39 is 76.0 Å². The van der Waals surface area contributed by atoms with Crippen LogP contribution in [0.25, 0.3) is 22.3 Å². The van der Waals surface area contributed by atoms with Gasteiger partial charge in [-0.25, -0.2) is 34.3 Å². The van der Waals surface area contributed by atoms with Crippen LogP contribution in [0.5, 0.6) is 0 Å². The summed E-state index contributed by atoms with van der Waals surface area (Å²) in [6.07, 6.45) is -7.19. The first-order chi connectivity index (χ1) is 20.9. The Morgan fingerprint density at radius 3 is 1.83 bits per heavy atom. The summed E-state index contributed by atoms with van der Waals surface area (Å²) in [6.45, 7) is -10.2. The molecule has 4 unspecified atom stereocenters. The van der Waals surface area contributed by atoms with E-state index in [-0.39, 0.29) is 93.1 Å². The molecule has 7 heterocycles. The molecule has 0 radical (unpaired) electrons. The fraction of sp³-hybridized carbons (Fsp3) is 0.500. The van der Waals surface area contributed by atoms with Crippen LogP contribution in [0, 0.1) is 0 Å². The number of fused-ring (bicyclic) bond motifs is 5. The van der Waals surface area contributed by atoms with Crippen molar-refractivity contribution in [3.63, 3.8) is 0 Å². The number of ether oxygens (including phenoxy) is 2. The summed E-state index contributed by atoms with van der Waals surface area (Å²) in [7, 11) is 0. The van der Waals surface area contributed by atoms with Crippen LogP contribution in [0.4, 0.5) is 16.0 Å². The first kappa shape index (κ1) is 36.8. The minimum atomic E-state index is -4.48. The molecule has 46 heavy (non-hydrogen) atoms. The van der Waals surface area contributed by atoms with Crippen molar-refractivity contribution < 1.29 is 105 Å². The van der Waals surface area contributed by atoms with Gasteiger partial charge in [-0.2, -0.15) is 0 Å². The summed E-state index contributed by atoms with van der Waals surface area (Å²) in [5.74, 6) is 0.123. The van der Waals surface area contributed by atoms with E-state index in [9.17, 15) is 14.2 Å². The van der Waals surface area contributed by atoms with Crippen molar-refractivity contribution in [3.05, 3.63) is 25.3 Å². The Bertz CT molecular complexity index is 1850. The van der Waals surface area contributed by atoms with Crippen molar-refractivity contribution in [2.75, 3.05) is 24.7 Å². The van der Waals surface area contributed by atoms with Gasteiger partial charge in [0.05, 0.1) is 25.9 Å². The summed E-state index contributed by atoms with van der Waals surface area (Å²) in [5, 5.41) is 11.1. The predicted molar refractivity (Wildman–Crippen MR) is 150 cm³/mol. The Kier molecular flexibility index (Phi) is 11.2. The Labute approximate surface area is 313 Å². The van der Waals surface area contributed by atoms with Crippen molar-refractivity contribution in [1.82, 2.24) is 39.0 Å². The third-order valence-corrected chi connectivity index (χ3v) is 10.3. The van der Waals surface area contributed by atoms with Gasteiger partial charge in [-0.1, -0.05) is 0 Å². The second kappa shape index (κ2) is 14.0. The van der Waals surface area contributed by atoms with Crippen LogP contribution in [0.15, 0.2) is 25.3 Å². The monoisotopic (exact) mass is 736 g/mol. The molecule has 26 heteroatoms. The molecule has 4 aromatic heterocycles. The van der Waals surface area contributed by atoms with Gasteiger partial charge in [0.25, 0.3) is 0 Å². The first-order valence-corrected chi connectivity index (χ1v) is 17.8. The molecule has 3 fully saturated rings. The maximum absolute atomic E-state index is 16.0. The van der Waals surface area contributed by atoms with Gasteiger partial charge >= 0.3 is 59.1 Å². The Hall–Kier alpha value is -0.490. The molecule has 10 atom stereocenters. The molecule has 3 saturated heterocycles. The number of aliphatic hydroxyl groups excluding tert-OH is 1. The van der Waals surface area contributed by atoms with Crippen LogP contribution in [0.2, 0.25) is 0 Å². The van der Waals surface area contributed by atoms with E-state index in [1.165, 1.54) is 28.1 Å². The average molecular weight is 737 g/mol. The average Bonchev–Trinajstić information content (AvgIpc) is 3.73. The zero-order valence-corrected chi connectivity index (χ0v) is 31.3. The van der Waals surface area contributed by atoms with Gasteiger partial charge in [0.15, 0.2) is 48.4 Å². The normalized spacial score (nSPS) is 36.6. The molecule has 4 aromatic rings. The molecule has 3 aliphatic rings. The van der Waals surface area contributed by atoms with E-state index in [1.807, 2.05) is 0 Å². The van der Waals surface area contributed by atoms with Gasteiger partial charge in [0.2, 0.25) is 6.80 Å². The molecule has 0 aliphatic carbocycles. The van der Waals surface area contributed by atoms with Crippen molar-refractivity contribution in [1.29, 1.82) is 0 Å². The maximum atomic E-state index is 16.0. The summed E-state index contributed by atoms with van der Waals surface area (Å²) in [6, 6.07) is 0. The van der Waals surface area contributed by atoms with Gasteiger partial charge in [0, 0.05) is 0 Å². The van der Waals surface area contributed by atoms with E-state index in [4.69, 9.17) is 63.5 Å². The third kappa shape index (κ3) is 6.80. The zero-order valence-electron chi connectivity index (χ0n) is 23.9. The number of imidazole rings is 2. The van der Waals surface area contributed by atoms with Crippen molar-refractivity contribution in [2.24, 2.45) is 0 Å². The molecule has 5 N–H and O–H groups in total. The summed E-state index contributed by atoms with van der Waals surface area (Å²) >= 11 is 10.2. The smallest absolute Gasteiger partial charge is 0.660 e. The number of hydrogen-bond donors (Lipinski definition) is 3. The van der Waals surface area contributed by atoms with Gasteiger partial charge in [-0.3, -0.25) is 18.3 Å². The standard InChI is InChI=1S/C20H23FN10O9P2S2.2Na/c21-9-13-8(38-19(9)30-5-28-10-15(22)24-3-26-17(10)30)2-36-42(34,44)40-14-12(32)7(1-35-41(33,43)39-13)37-20(14)31-6-29-11-16(23)25-4-27-18(11)31;;/h3-9,12-14,19-20,32H,1-2H2,(H,33,43)(H,34,44)(H2,22,24,26)(H2,23,25,27);;/q;2*+1/p-2/t7-,8-,9?,12+,13+,14?,19-,20-,41?,42?;;/m1../s1. The quantitative estimate of drug-likeness (QED) is 0.0986. The van der Waals surface area contributed by atoms with Crippen molar-refractivity contribution in [2.45, 2.75) is 49.1 Å². The summed E-state index contributed by atoms with van der Waals surface area (Å²) in [4.78, 5) is 24.2. The van der Waals surface area contributed by atoms with E-state index in [0.717, 1.165) is 6.33 Å². The Balaban J connectivity index is 0.00000208. The fourth-order valence-corrected chi connectivity index (χ4v) is 7.99. The number of nitrogens with zero attached hydrogens (tertiary/aromatic N) is 8. The van der Waals surface area contributed by atoms with Crippen LogP contribution in [-0.4, -0.2) is 94.0 Å². The van der Waals surface area contributed by atoms with Crippen LogP contribution in [-0.2, 0) is 61.2 Å². The molecular weight excluding hydrogens is 715 g/mol. The van der Waals surface area contributed by atoms with E-state index in [1.54, 1.807) is 0 Å². The number of aromatic nitrogens is 8. The van der Waals surface area contributed by atoms with Crippen LogP contribution >= 0.6 is 13.6 Å². The first-order valence-electron chi connectivity index (χ1n) is 12.7. The van der Waals surface area contributed by atoms with Gasteiger partial charge in [-0.15, -0.1) is 0 Å². The number of anilines is 2. The zero-order chi connectivity index (χ0) is 31.0. The number of halogens is 1. The molecule has 19 nitrogen and oxygen atoms in total. The maximum Gasteiger partial charge on any atom is 1.00 e. The van der Waals surface area contributed by atoms with Gasteiger partial charge in [-0.05, 0) is 0 Å². The molecule has 0 amide bonds. The Morgan fingerprint density at radius 2 is 1.26 bits per heavy atom. The number of rotatable bonds is 2. The summed E-state index contributed by atoms with van der Waals surface area (Å²) < 4.78 is 78.9. The van der Waals surface area contributed by atoms with Gasteiger partial charge < -0.3 is 68.6 Å². The topological polar surface area (TPSA) is 249 Å². The molecule has 0 aromatic carbocycles. The summed E-state index contributed by atoms with van der Waals surface area (Å²) in [5.41, 5.74) is 12.5. The minimum absolute atomic E-state index is 0. The molecule has 7 rings (SSSR count). The van der Waals surface area contributed by atoms with Crippen molar-refractivity contribution in [3.8, 4) is 0 Å². The molecule has 2 bridgehead atoms. The van der Waals surface area contributed by atoms with Crippen LogP contribution < -0.4 is 70.6 Å². The fourth-order valence-electron chi connectivity index (χ4n) is 5.17. The number of alkyl halides is 1. The van der Waals surface area contributed by atoms with E-state index >= 15 is 4.39 Å². The molecule has 236 valence electrons. The number of hydrogen-bond acceptors (Lipinski definition) is 19. The minimum Gasteiger partial charge on any atom is -0.660 e.